The first kappa shape index (κ1) is 14.0. The van der Waals surface area contributed by atoms with Crippen molar-refractivity contribution in [3.05, 3.63) is 10.6 Å². The van der Waals surface area contributed by atoms with Crippen LogP contribution in [0.4, 0.5) is 5.13 Å². The molecule has 1 atom stereocenters. The molecule has 1 fully saturated rings. The number of likely N-dealkylation sites (tertiary alicyclic amines) is 1. The van der Waals surface area contributed by atoms with Gasteiger partial charge >= 0.3 is 11.8 Å². The van der Waals surface area contributed by atoms with Crippen molar-refractivity contribution < 1.29 is 9.59 Å². The highest BCUT2D eigenvalue weighted by Crippen LogP contribution is 2.22. The number of nitrogens with one attached hydrogen (secondary N) is 1. The van der Waals surface area contributed by atoms with Gasteiger partial charge in [0.2, 0.25) is 0 Å². The summed E-state index contributed by atoms with van der Waals surface area (Å²) in [6.07, 6.45) is 3.06. The first-order valence-corrected chi connectivity index (χ1v) is 7.36. The predicted molar refractivity (Wildman–Crippen MR) is 75.2 cm³/mol. The van der Waals surface area contributed by atoms with Crippen LogP contribution >= 0.6 is 11.3 Å². The maximum absolute atomic E-state index is 12.1. The van der Waals surface area contributed by atoms with Gasteiger partial charge in [-0.2, -0.15) is 0 Å². The second-order valence-corrected chi connectivity index (χ2v) is 6.16. The van der Waals surface area contributed by atoms with E-state index in [1.165, 1.54) is 11.3 Å². The van der Waals surface area contributed by atoms with Crippen LogP contribution in [0.25, 0.3) is 0 Å². The van der Waals surface area contributed by atoms with Gasteiger partial charge < -0.3 is 4.90 Å². The highest BCUT2D eigenvalue weighted by Gasteiger charge is 2.28. The molecule has 2 rings (SSSR count). The maximum atomic E-state index is 12.1. The molecule has 104 valence electrons. The summed E-state index contributed by atoms with van der Waals surface area (Å²) in [6, 6.07) is 0.145. The van der Waals surface area contributed by atoms with Gasteiger partial charge in [-0.15, -0.1) is 11.3 Å². The molecule has 1 unspecified atom stereocenters. The standard InChI is InChI=1S/C13H19N3O2S/c1-8-6-4-5-7-16(8)12(18)11(17)15-13-14-9(2)10(3)19-13/h8H,4-7H2,1-3H3,(H,14,15,17). The van der Waals surface area contributed by atoms with E-state index in [0.717, 1.165) is 29.8 Å². The molecule has 2 heterocycles. The van der Waals surface area contributed by atoms with Gasteiger partial charge in [-0.1, -0.05) is 0 Å². The van der Waals surface area contributed by atoms with Crippen LogP contribution in [-0.4, -0.2) is 34.3 Å². The van der Waals surface area contributed by atoms with E-state index in [2.05, 4.69) is 10.3 Å². The normalized spacial score (nSPS) is 19.3. The minimum atomic E-state index is -0.581. The molecule has 1 N–H and O–H groups in total. The van der Waals surface area contributed by atoms with Gasteiger partial charge in [0.05, 0.1) is 5.69 Å². The fourth-order valence-corrected chi connectivity index (χ4v) is 3.02. The number of amides is 2. The van der Waals surface area contributed by atoms with Crippen LogP contribution in [0.2, 0.25) is 0 Å². The molecule has 1 aromatic rings. The molecule has 1 saturated heterocycles. The lowest BCUT2D eigenvalue weighted by Gasteiger charge is -2.32. The highest BCUT2D eigenvalue weighted by molar-refractivity contribution is 7.15. The van der Waals surface area contributed by atoms with Crippen LogP contribution in [0.5, 0.6) is 0 Å². The van der Waals surface area contributed by atoms with E-state index >= 15 is 0 Å². The maximum Gasteiger partial charge on any atom is 0.315 e. The van der Waals surface area contributed by atoms with Gasteiger partial charge in [-0.3, -0.25) is 14.9 Å². The molecule has 19 heavy (non-hydrogen) atoms. The van der Waals surface area contributed by atoms with Crippen molar-refractivity contribution in [1.82, 2.24) is 9.88 Å². The molecule has 0 bridgehead atoms. The van der Waals surface area contributed by atoms with Crippen LogP contribution in [-0.2, 0) is 9.59 Å². The fraction of sp³-hybridized carbons (Fsp3) is 0.615. The smallest absolute Gasteiger partial charge is 0.315 e. The summed E-state index contributed by atoms with van der Waals surface area (Å²) in [5, 5.41) is 3.10. The lowest BCUT2D eigenvalue weighted by Crippen LogP contribution is -2.47. The molecule has 1 aromatic heterocycles. The Bertz CT molecular complexity index is 479. The second-order valence-electron chi connectivity index (χ2n) is 4.96. The number of hydrogen-bond donors (Lipinski definition) is 1. The van der Waals surface area contributed by atoms with E-state index < -0.39 is 11.8 Å². The van der Waals surface area contributed by atoms with Gasteiger partial charge in [0.15, 0.2) is 5.13 Å². The number of aryl methyl sites for hydroxylation is 2. The number of carbonyl (C=O) groups excluding carboxylic acids is 2. The molecule has 1 aliphatic rings. The number of aromatic nitrogens is 1. The summed E-state index contributed by atoms with van der Waals surface area (Å²) in [7, 11) is 0. The molecule has 2 amide bonds. The number of rotatable bonds is 1. The summed E-state index contributed by atoms with van der Waals surface area (Å²) in [5.74, 6) is -1.03. The van der Waals surface area contributed by atoms with Gasteiger partial charge in [-0.05, 0) is 40.0 Å². The molecule has 0 aliphatic carbocycles. The summed E-state index contributed by atoms with van der Waals surface area (Å²) in [4.78, 5) is 31.0. The zero-order chi connectivity index (χ0) is 14.0. The SMILES string of the molecule is Cc1nc(NC(=O)C(=O)N2CCCCC2C)sc1C. The van der Waals surface area contributed by atoms with Crippen LogP contribution in [0.1, 0.15) is 36.8 Å². The Hall–Kier alpha value is -1.43. The predicted octanol–water partition coefficient (Wildman–Crippen LogP) is 2.10. The summed E-state index contributed by atoms with van der Waals surface area (Å²) < 4.78 is 0. The first-order valence-electron chi connectivity index (χ1n) is 6.55. The van der Waals surface area contributed by atoms with Crippen LogP contribution < -0.4 is 5.32 Å². The van der Waals surface area contributed by atoms with Crippen molar-refractivity contribution in [2.75, 3.05) is 11.9 Å². The topological polar surface area (TPSA) is 62.3 Å². The molecule has 0 saturated carbocycles. The van der Waals surface area contributed by atoms with E-state index in [9.17, 15) is 9.59 Å². The second kappa shape index (κ2) is 5.69. The number of carbonyl (C=O) groups is 2. The van der Waals surface area contributed by atoms with Crippen molar-refractivity contribution in [3.8, 4) is 0 Å². The van der Waals surface area contributed by atoms with Crippen molar-refractivity contribution in [1.29, 1.82) is 0 Å². The monoisotopic (exact) mass is 281 g/mol. The lowest BCUT2D eigenvalue weighted by atomic mass is 10.0. The zero-order valence-electron chi connectivity index (χ0n) is 11.5. The van der Waals surface area contributed by atoms with Gasteiger partial charge in [-0.25, -0.2) is 4.98 Å². The minimum Gasteiger partial charge on any atom is -0.332 e. The Morgan fingerprint density at radius 2 is 2.11 bits per heavy atom. The molecule has 0 spiro atoms. The van der Waals surface area contributed by atoms with Gasteiger partial charge in [0.25, 0.3) is 0 Å². The number of thiazole rings is 1. The summed E-state index contributed by atoms with van der Waals surface area (Å²) in [6.45, 7) is 6.48. The fourth-order valence-electron chi connectivity index (χ4n) is 2.21. The molecule has 0 radical (unpaired) electrons. The van der Waals surface area contributed by atoms with Gasteiger partial charge in [0.1, 0.15) is 0 Å². The lowest BCUT2D eigenvalue weighted by molar-refractivity contribution is -0.145. The Morgan fingerprint density at radius 3 is 2.68 bits per heavy atom. The Balaban J connectivity index is 2.01. The number of anilines is 1. The summed E-state index contributed by atoms with van der Waals surface area (Å²) >= 11 is 1.39. The van der Waals surface area contributed by atoms with E-state index in [1.807, 2.05) is 20.8 Å². The molecule has 0 aromatic carbocycles. The van der Waals surface area contributed by atoms with Crippen molar-refractivity contribution in [3.63, 3.8) is 0 Å². The molecule has 6 heteroatoms. The van der Waals surface area contributed by atoms with Crippen LogP contribution in [0.15, 0.2) is 0 Å². The zero-order valence-corrected chi connectivity index (χ0v) is 12.3. The van der Waals surface area contributed by atoms with E-state index in [-0.39, 0.29) is 6.04 Å². The van der Waals surface area contributed by atoms with E-state index in [1.54, 1.807) is 4.90 Å². The Morgan fingerprint density at radius 1 is 1.37 bits per heavy atom. The third-order valence-electron chi connectivity index (χ3n) is 3.51. The minimum absolute atomic E-state index is 0.145. The quantitative estimate of drug-likeness (QED) is 0.802. The molecular weight excluding hydrogens is 262 g/mol. The number of piperidine rings is 1. The average Bonchev–Trinajstić information content (AvgIpc) is 2.68. The third kappa shape index (κ3) is 3.12. The largest absolute Gasteiger partial charge is 0.332 e. The van der Waals surface area contributed by atoms with Crippen LogP contribution in [0, 0.1) is 13.8 Å². The Kier molecular flexibility index (Phi) is 4.19. The first-order chi connectivity index (χ1) is 8.99. The number of hydrogen-bond acceptors (Lipinski definition) is 4. The van der Waals surface area contributed by atoms with Crippen molar-refractivity contribution in [2.24, 2.45) is 0 Å². The molecule has 1 aliphatic heterocycles. The van der Waals surface area contributed by atoms with Crippen molar-refractivity contribution >= 4 is 28.3 Å². The number of nitrogens with zero attached hydrogens (tertiary/aromatic N) is 2. The Labute approximate surface area is 117 Å². The van der Waals surface area contributed by atoms with Crippen molar-refractivity contribution in [2.45, 2.75) is 46.1 Å². The average molecular weight is 281 g/mol. The third-order valence-corrected chi connectivity index (χ3v) is 4.50. The van der Waals surface area contributed by atoms with E-state index in [0.29, 0.717) is 11.7 Å². The van der Waals surface area contributed by atoms with Crippen LogP contribution in [0.3, 0.4) is 0 Å². The summed E-state index contributed by atoms with van der Waals surface area (Å²) in [5.41, 5.74) is 0.888. The molecule has 5 nitrogen and oxygen atoms in total. The highest BCUT2D eigenvalue weighted by atomic mass is 32.1. The van der Waals surface area contributed by atoms with Gasteiger partial charge in [0, 0.05) is 17.5 Å². The molecular formula is C13H19N3O2S. The van der Waals surface area contributed by atoms with E-state index in [4.69, 9.17) is 0 Å².